The lowest BCUT2D eigenvalue weighted by atomic mass is 10.0. The molecular weight excluding hydrogens is 381 g/mol. The summed E-state index contributed by atoms with van der Waals surface area (Å²) in [6.07, 6.45) is -0.0644. The lowest BCUT2D eigenvalue weighted by molar-refractivity contribution is -0.139. The quantitative estimate of drug-likeness (QED) is 0.577. The highest BCUT2D eigenvalue weighted by molar-refractivity contribution is 6.36. The van der Waals surface area contributed by atoms with E-state index in [1.54, 1.807) is 18.2 Å². The molecule has 136 valence electrons. The number of benzene rings is 2. The van der Waals surface area contributed by atoms with Gasteiger partial charge in [0.05, 0.1) is 0 Å². The number of halogens is 2. The molecule has 2 aromatic rings. The number of carbonyl (C=O) groups excluding carboxylic acids is 2. The second-order valence-corrected chi connectivity index (χ2v) is 6.20. The molecule has 2 rings (SSSR count). The van der Waals surface area contributed by atoms with Gasteiger partial charge in [-0.25, -0.2) is 4.79 Å². The van der Waals surface area contributed by atoms with E-state index in [0.29, 0.717) is 15.6 Å². The molecule has 1 amide bonds. The van der Waals surface area contributed by atoms with Gasteiger partial charge in [0, 0.05) is 29.0 Å². The Labute approximate surface area is 159 Å². The van der Waals surface area contributed by atoms with E-state index in [0.717, 1.165) is 0 Å². The van der Waals surface area contributed by atoms with E-state index in [2.05, 4.69) is 5.32 Å². The van der Waals surface area contributed by atoms with Crippen LogP contribution in [0.25, 0.3) is 0 Å². The molecule has 2 aromatic carbocycles. The fraction of sp³-hybridized carbons (Fsp3) is 0.167. The number of nitrogens with one attached hydrogen (secondary N) is 1. The van der Waals surface area contributed by atoms with Crippen LogP contribution in [0.2, 0.25) is 10.0 Å². The van der Waals surface area contributed by atoms with Crippen LogP contribution in [0.15, 0.2) is 42.5 Å². The van der Waals surface area contributed by atoms with Crippen molar-refractivity contribution < 1.29 is 24.2 Å². The SMILES string of the molecule is CC(=O)Oc1ccc(C(=O)N[C@H](Cc2c(Cl)cccc2Cl)C(=O)O)cc1. The van der Waals surface area contributed by atoms with E-state index in [4.69, 9.17) is 27.9 Å². The van der Waals surface area contributed by atoms with Crippen LogP contribution in [0.3, 0.4) is 0 Å². The third kappa shape index (κ3) is 5.21. The minimum Gasteiger partial charge on any atom is -0.480 e. The molecule has 2 N–H and O–H groups in total. The zero-order valence-electron chi connectivity index (χ0n) is 13.7. The van der Waals surface area contributed by atoms with Gasteiger partial charge in [-0.2, -0.15) is 0 Å². The van der Waals surface area contributed by atoms with Crippen molar-refractivity contribution in [2.45, 2.75) is 19.4 Å². The van der Waals surface area contributed by atoms with Crippen molar-refractivity contribution in [3.8, 4) is 5.75 Å². The van der Waals surface area contributed by atoms with Crippen LogP contribution in [-0.2, 0) is 16.0 Å². The first kappa shape index (κ1) is 19.8. The van der Waals surface area contributed by atoms with Crippen molar-refractivity contribution in [3.05, 3.63) is 63.6 Å². The lowest BCUT2D eigenvalue weighted by Gasteiger charge is -2.16. The zero-order valence-corrected chi connectivity index (χ0v) is 15.2. The van der Waals surface area contributed by atoms with Crippen molar-refractivity contribution in [1.82, 2.24) is 5.32 Å². The van der Waals surface area contributed by atoms with Gasteiger partial charge >= 0.3 is 11.9 Å². The standard InChI is InChI=1S/C18H15Cl2NO5/c1-10(22)26-12-7-5-11(6-8-12)17(23)21-16(18(24)25)9-13-14(19)3-2-4-15(13)20/h2-8,16H,9H2,1H3,(H,21,23)(H,24,25)/t16-/m1/s1. The number of aliphatic carboxylic acids is 1. The van der Waals surface area contributed by atoms with Gasteiger partial charge in [-0.1, -0.05) is 29.3 Å². The van der Waals surface area contributed by atoms with Crippen LogP contribution in [0.5, 0.6) is 5.75 Å². The molecular formula is C18H15Cl2NO5. The first-order valence-electron chi connectivity index (χ1n) is 7.53. The van der Waals surface area contributed by atoms with Crippen molar-refractivity contribution in [3.63, 3.8) is 0 Å². The first-order valence-corrected chi connectivity index (χ1v) is 8.28. The molecule has 0 radical (unpaired) electrons. The largest absolute Gasteiger partial charge is 0.480 e. The van der Waals surface area contributed by atoms with E-state index >= 15 is 0 Å². The molecule has 0 saturated carbocycles. The Morgan fingerprint density at radius 2 is 1.65 bits per heavy atom. The molecule has 1 atom stereocenters. The van der Waals surface area contributed by atoms with Crippen LogP contribution in [0.4, 0.5) is 0 Å². The Morgan fingerprint density at radius 3 is 2.15 bits per heavy atom. The fourth-order valence-electron chi connectivity index (χ4n) is 2.21. The van der Waals surface area contributed by atoms with Gasteiger partial charge in [0.1, 0.15) is 11.8 Å². The molecule has 26 heavy (non-hydrogen) atoms. The number of rotatable bonds is 6. The zero-order chi connectivity index (χ0) is 19.3. The van der Waals surface area contributed by atoms with Crippen LogP contribution in [-0.4, -0.2) is 29.0 Å². The Kier molecular flexibility index (Phi) is 6.60. The normalized spacial score (nSPS) is 11.5. The summed E-state index contributed by atoms with van der Waals surface area (Å²) in [5.41, 5.74) is 0.658. The monoisotopic (exact) mass is 395 g/mol. The molecule has 0 unspecified atom stereocenters. The van der Waals surface area contributed by atoms with Crippen molar-refractivity contribution in [2.75, 3.05) is 0 Å². The predicted molar refractivity (Wildman–Crippen MR) is 96.8 cm³/mol. The number of esters is 1. The molecule has 0 aromatic heterocycles. The molecule has 0 spiro atoms. The average Bonchev–Trinajstić information content (AvgIpc) is 2.57. The smallest absolute Gasteiger partial charge is 0.326 e. The van der Waals surface area contributed by atoms with Crippen molar-refractivity contribution in [1.29, 1.82) is 0 Å². The molecule has 0 aliphatic carbocycles. The Balaban J connectivity index is 2.13. The summed E-state index contributed by atoms with van der Waals surface area (Å²) >= 11 is 12.1. The summed E-state index contributed by atoms with van der Waals surface area (Å²) in [7, 11) is 0. The number of carboxylic acid groups (broad SMARTS) is 1. The summed E-state index contributed by atoms with van der Waals surface area (Å²) in [6, 6.07) is 9.35. The van der Waals surface area contributed by atoms with Crippen molar-refractivity contribution in [2.24, 2.45) is 0 Å². The average molecular weight is 396 g/mol. The van der Waals surface area contributed by atoms with Crippen LogP contribution < -0.4 is 10.1 Å². The maximum Gasteiger partial charge on any atom is 0.326 e. The van der Waals surface area contributed by atoms with Crippen LogP contribution in [0.1, 0.15) is 22.8 Å². The third-order valence-corrected chi connectivity index (χ3v) is 4.16. The number of carbonyl (C=O) groups is 3. The Hall–Kier alpha value is -2.57. The second-order valence-electron chi connectivity index (χ2n) is 5.39. The molecule has 0 fully saturated rings. The second kappa shape index (κ2) is 8.69. The summed E-state index contributed by atoms with van der Waals surface area (Å²) in [5.74, 6) is -2.00. The third-order valence-electron chi connectivity index (χ3n) is 3.45. The Bertz CT molecular complexity index is 816. The van der Waals surface area contributed by atoms with Crippen LogP contribution >= 0.6 is 23.2 Å². The summed E-state index contributed by atoms with van der Waals surface area (Å²) in [6.45, 7) is 1.26. The summed E-state index contributed by atoms with van der Waals surface area (Å²) < 4.78 is 4.88. The minimum atomic E-state index is -1.22. The summed E-state index contributed by atoms with van der Waals surface area (Å²) in [5, 5.41) is 12.5. The van der Waals surface area contributed by atoms with Gasteiger partial charge in [-0.3, -0.25) is 9.59 Å². The van der Waals surface area contributed by atoms with E-state index in [9.17, 15) is 19.5 Å². The van der Waals surface area contributed by atoms with E-state index in [-0.39, 0.29) is 17.7 Å². The maximum absolute atomic E-state index is 12.3. The Morgan fingerprint density at radius 1 is 1.08 bits per heavy atom. The molecule has 6 nitrogen and oxygen atoms in total. The lowest BCUT2D eigenvalue weighted by Crippen LogP contribution is -2.42. The van der Waals surface area contributed by atoms with Gasteiger partial charge in [-0.15, -0.1) is 0 Å². The minimum absolute atomic E-state index is 0.0644. The van der Waals surface area contributed by atoms with E-state index in [1.807, 2.05) is 0 Å². The fourth-order valence-corrected chi connectivity index (χ4v) is 2.77. The number of hydrogen-bond donors (Lipinski definition) is 2. The van der Waals surface area contributed by atoms with E-state index < -0.39 is 23.9 Å². The van der Waals surface area contributed by atoms with Gasteiger partial charge < -0.3 is 15.2 Å². The molecule has 0 bridgehead atoms. The van der Waals surface area contributed by atoms with Gasteiger partial charge in [0.25, 0.3) is 5.91 Å². The number of ether oxygens (including phenoxy) is 1. The van der Waals surface area contributed by atoms with Gasteiger partial charge in [-0.05, 0) is 42.0 Å². The van der Waals surface area contributed by atoms with Gasteiger partial charge in [0.2, 0.25) is 0 Å². The molecule has 0 heterocycles. The first-order chi connectivity index (χ1) is 12.3. The summed E-state index contributed by atoms with van der Waals surface area (Å²) in [4.78, 5) is 34.7. The van der Waals surface area contributed by atoms with Gasteiger partial charge in [0.15, 0.2) is 0 Å². The van der Waals surface area contributed by atoms with Crippen molar-refractivity contribution >= 4 is 41.0 Å². The molecule has 0 aliphatic heterocycles. The maximum atomic E-state index is 12.3. The predicted octanol–water partition coefficient (Wildman–Crippen LogP) is 3.34. The highest BCUT2D eigenvalue weighted by Crippen LogP contribution is 2.25. The number of hydrogen-bond acceptors (Lipinski definition) is 4. The highest BCUT2D eigenvalue weighted by atomic mass is 35.5. The van der Waals surface area contributed by atoms with E-state index in [1.165, 1.54) is 31.2 Å². The topological polar surface area (TPSA) is 92.7 Å². The van der Waals surface area contributed by atoms with Crippen LogP contribution in [0, 0.1) is 0 Å². The molecule has 0 aliphatic rings. The number of amides is 1. The molecule has 0 saturated heterocycles. The molecule has 8 heteroatoms. The number of carboxylic acids is 1. The highest BCUT2D eigenvalue weighted by Gasteiger charge is 2.23.